The van der Waals surface area contributed by atoms with Crippen LogP contribution in [0.2, 0.25) is 17.3 Å². The van der Waals surface area contributed by atoms with Crippen LogP contribution in [0.3, 0.4) is 0 Å². The van der Waals surface area contributed by atoms with Crippen molar-refractivity contribution in [3.05, 3.63) is 139 Å². The maximum atomic E-state index is 6.42. The normalized spacial score (nSPS) is 12.6. The minimum atomic E-state index is -1.72. The van der Waals surface area contributed by atoms with E-state index in [1.807, 2.05) is 48.8 Å². The van der Waals surface area contributed by atoms with E-state index < -0.39 is 13.3 Å². The topological polar surface area (TPSA) is 38.9 Å². The second-order valence-corrected chi connectivity index (χ2v) is 23.4. The number of fused-ring (bicyclic) bond motifs is 4. The van der Waals surface area contributed by atoms with Gasteiger partial charge in [0.05, 0.1) is 5.58 Å². The van der Waals surface area contributed by atoms with Crippen LogP contribution in [0.5, 0.6) is 0 Å². The molecule has 0 aliphatic heterocycles. The van der Waals surface area contributed by atoms with E-state index in [1.165, 1.54) is 33.9 Å². The fraction of sp³-hybridized carbons (Fsp3) is 0.171. The van der Waals surface area contributed by atoms with E-state index in [1.54, 1.807) is 0 Å². The van der Waals surface area contributed by atoms with Gasteiger partial charge in [-0.05, 0) is 54.6 Å². The summed E-state index contributed by atoms with van der Waals surface area (Å²) in [5.41, 5.74) is 11.0. The Bertz CT molecular complexity index is 2080. The maximum Gasteiger partial charge on any atom is 0.121 e. The molecular formula is C41H36GeIrN2O-2. The Kier molecular flexibility index (Phi) is 9.70. The summed E-state index contributed by atoms with van der Waals surface area (Å²) >= 11 is -1.72. The molecule has 1 radical (unpaired) electrons. The molecule has 7 aromatic rings. The van der Waals surface area contributed by atoms with Crippen molar-refractivity contribution in [2.45, 2.75) is 43.0 Å². The summed E-state index contributed by atoms with van der Waals surface area (Å²) in [4.78, 5) is 9.29. The summed E-state index contributed by atoms with van der Waals surface area (Å²) in [5, 5.41) is 2.27. The van der Waals surface area contributed by atoms with Gasteiger partial charge in [0.1, 0.15) is 5.58 Å². The fourth-order valence-electron chi connectivity index (χ4n) is 6.16. The van der Waals surface area contributed by atoms with Crippen molar-refractivity contribution >= 4 is 39.6 Å². The Balaban J connectivity index is 0.000000187. The molecule has 0 bridgehead atoms. The predicted octanol–water partition coefficient (Wildman–Crippen LogP) is 10.1. The van der Waals surface area contributed by atoms with Gasteiger partial charge < -0.3 is 9.40 Å². The van der Waals surface area contributed by atoms with Gasteiger partial charge in [0, 0.05) is 31.7 Å². The minimum absolute atomic E-state index is 0. The molecule has 0 spiro atoms. The van der Waals surface area contributed by atoms with Crippen LogP contribution in [0.4, 0.5) is 0 Å². The number of nitrogens with zero attached hydrogens (tertiary/aromatic N) is 2. The molecular weight excluding hydrogens is 801 g/mol. The van der Waals surface area contributed by atoms with Crippen molar-refractivity contribution in [1.29, 1.82) is 0 Å². The second kappa shape index (κ2) is 13.9. The molecule has 0 N–H and O–H groups in total. The van der Waals surface area contributed by atoms with Crippen LogP contribution < -0.4 is 4.40 Å². The summed E-state index contributed by atoms with van der Waals surface area (Å²) in [5.74, 6) is 7.14. The van der Waals surface area contributed by atoms with E-state index in [4.69, 9.17) is 9.40 Å². The zero-order chi connectivity index (χ0) is 30.8. The van der Waals surface area contributed by atoms with E-state index in [0.717, 1.165) is 62.9 Å². The van der Waals surface area contributed by atoms with Gasteiger partial charge in [-0.25, -0.2) is 0 Å². The molecule has 0 unspecified atom stereocenters. The number of rotatable bonds is 4. The van der Waals surface area contributed by atoms with Gasteiger partial charge in [-0.1, -0.05) is 64.5 Å². The van der Waals surface area contributed by atoms with Gasteiger partial charge in [-0.15, -0.1) is 18.2 Å². The van der Waals surface area contributed by atoms with Gasteiger partial charge in [0.25, 0.3) is 0 Å². The first-order chi connectivity index (χ1) is 22.0. The van der Waals surface area contributed by atoms with Crippen LogP contribution in [-0.4, -0.2) is 23.2 Å². The van der Waals surface area contributed by atoms with Gasteiger partial charge in [0.15, 0.2) is 0 Å². The SMILES string of the molecule is [CH3][Ge]([CH3])([CH3])[c]1ccc(-c2[c-]cccc2)nc1.[Ir].[c-]1ccc2c(oc3cc(-c4ccccc4)ccc32)c1-c1nccc2c1CCCC2. The zero-order valence-corrected chi connectivity index (χ0v) is 30.9. The molecule has 3 nitrogen and oxygen atoms in total. The van der Waals surface area contributed by atoms with Crippen molar-refractivity contribution in [1.82, 2.24) is 9.97 Å². The summed E-state index contributed by atoms with van der Waals surface area (Å²) < 4.78 is 7.86. The molecule has 0 saturated carbocycles. The average Bonchev–Trinajstić information content (AvgIpc) is 3.47. The molecule has 231 valence electrons. The van der Waals surface area contributed by atoms with Crippen molar-refractivity contribution in [3.63, 3.8) is 0 Å². The number of hydrogen-bond acceptors (Lipinski definition) is 3. The first-order valence-corrected chi connectivity index (χ1v) is 23.1. The van der Waals surface area contributed by atoms with Gasteiger partial charge in [-0.3, -0.25) is 0 Å². The van der Waals surface area contributed by atoms with Crippen LogP contribution in [-0.2, 0) is 32.9 Å². The molecule has 46 heavy (non-hydrogen) atoms. The van der Waals surface area contributed by atoms with Gasteiger partial charge in [-0.2, -0.15) is 0 Å². The van der Waals surface area contributed by atoms with E-state index in [9.17, 15) is 0 Å². The van der Waals surface area contributed by atoms with Crippen molar-refractivity contribution < 1.29 is 24.5 Å². The Morgan fingerprint density at radius 3 is 2.30 bits per heavy atom. The van der Waals surface area contributed by atoms with Crippen LogP contribution in [0.15, 0.2) is 120 Å². The second-order valence-electron chi connectivity index (χ2n) is 12.7. The van der Waals surface area contributed by atoms with Gasteiger partial charge in [0.2, 0.25) is 0 Å². The van der Waals surface area contributed by atoms with E-state index in [-0.39, 0.29) is 20.1 Å². The number of aryl methyl sites for hydroxylation is 1. The van der Waals surface area contributed by atoms with Crippen LogP contribution in [0.1, 0.15) is 24.0 Å². The predicted molar refractivity (Wildman–Crippen MR) is 189 cm³/mol. The summed E-state index contributed by atoms with van der Waals surface area (Å²) in [6.45, 7) is 0. The first-order valence-electron chi connectivity index (χ1n) is 15.8. The molecule has 0 atom stereocenters. The molecule has 0 amide bonds. The Morgan fingerprint density at radius 1 is 0.717 bits per heavy atom. The number of pyridine rings is 2. The standard InChI is InChI=1S/C27H20NO.C14H16GeN.Ir/c1-2-7-18(8-3-1)20-13-14-22-23-11-6-12-24(27(23)29-25(22)17-20)26-21-10-5-4-9-19(21)15-16-28-26;1-15(2,3)13-9-10-14(16-11-13)12-7-5-4-6-8-12;/h1-3,6-8,11,13-17H,4-5,9-10H2;4-7,9-11H,1-3H3;/q2*-1;. The summed E-state index contributed by atoms with van der Waals surface area (Å²) in [7, 11) is 0. The third-order valence-corrected chi connectivity index (χ3v) is 12.9. The van der Waals surface area contributed by atoms with E-state index in [0.29, 0.717) is 0 Å². The molecule has 0 fully saturated rings. The van der Waals surface area contributed by atoms with Crippen molar-refractivity contribution in [2.24, 2.45) is 0 Å². The van der Waals surface area contributed by atoms with Crippen LogP contribution in [0.25, 0.3) is 55.6 Å². The number of aromatic nitrogens is 2. The molecule has 0 saturated heterocycles. The molecule has 1 aliphatic rings. The Morgan fingerprint density at radius 2 is 1.54 bits per heavy atom. The van der Waals surface area contributed by atoms with Crippen molar-refractivity contribution in [2.75, 3.05) is 0 Å². The maximum absolute atomic E-state index is 6.42. The quantitative estimate of drug-likeness (QED) is 0.131. The molecule has 3 aromatic heterocycles. The summed E-state index contributed by atoms with van der Waals surface area (Å²) in [6.07, 6.45) is 8.68. The third kappa shape index (κ3) is 6.66. The molecule has 4 aromatic carbocycles. The fourth-order valence-corrected chi connectivity index (χ4v) is 8.33. The number of furan rings is 1. The monoisotopic (exact) mass is 839 g/mol. The van der Waals surface area contributed by atoms with Crippen molar-refractivity contribution in [3.8, 4) is 33.6 Å². The minimum Gasteiger partial charge on any atom is -0.501 e. The average molecular weight is 838 g/mol. The smallest absolute Gasteiger partial charge is 0.121 e. The third-order valence-electron chi connectivity index (χ3n) is 8.67. The molecule has 3 heterocycles. The Hall–Kier alpha value is -3.83. The molecule has 8 rings (SSSR count). The van der Waals surface area contributed by atoms with Crippen LogP contribution in [0, 0.1) is 12.1 Å². The van der Waals surface area contributed by atoms with E-state index in [2.05, 4.69) is 101 Å². The molecule has 1 aliphatic carbocycles. The summed E-state index contributed by atoms with van der Waals surface area (Å²) in [6, 6.07) is 42.1. The number of hydrogen-bond donors (Lipinski definition) is 0. The van der Waals surface area contributed by atoms with E-state index >= 15 is 0 Å². The van der Waals surface area contributed by atoms with Gasteiger partial charge >= 0.3 is 99.8 Å². The van der Waals surface area contributed by atoms with Crippen LogP contribution >= 0.6 is 0 Å². The largest absolute Gasteiger partial charge is 0.501 e. The molecule has 5 heteroatoms. The number of benzene rings is 4. The zero-order valence-electron chi connectivity index (χ0n) is 26.4. The Labute approximate surface area is 287 Å². The first kappa shape index (κ1) is 32.1.